The molecule has 5 heteroatoms. The van der Waals surface area contributed by atoms with Crippen molar-refractivity contribution in [2.24, 2.45) is 0 Å². The Hall–Kier alpha value is -1.20. The first-order valence-electron chi connectivity index (χ1n) is 5.58. The van der Waals surface area contributed by atoms with Crippen molar-refractivity contribution in [3.05, 3.63) is 50.9 Å². The average Bonchev–Trinajstić information content (AvgIpc) is 2.81. The van der Waals surface area contributed by atoms with Crippen LogP contribution in [0.5, 0.6) is 0 Å². The van der Waals surface area contributed by atoms with Gasteiger partial charge in [0.1, 0.15) is 4.60 Å². The summed E-state index contributed by atoms with van der Waals surface area (Å²) in [5.74, 6) is -0.0687. The predicted octanol–water partition coefficient (Wildman–Crippen LogP) is 3.27. The average molecular weight is 325 g/mol. The number of pyridine rings is 1. The molecule has 1 atom stereocenters. The number of carbonyl (C=O) groups is 1. The molecule has 18 heavy (non-hydrogen) atoms. The third kappa shape index (κ3) is 3.65. The first kappa shape index (κ1) is 13.2. The Bertz CT molecular complexity index is 528. The maximum Gasteiger partial charge on any atom is 0.251 e. The minimum atomic E-state index is -0.0687. The van der Waals surface area contributed by atoms with Gasteiger partial charge in [-0.3, -0.25) is 4.79 Å². The Morgan fingerprint density at radius 3 is 3.06 bits per heavy atom. The summed E-state index contributed by atoms with van der Waals surface area (Å²) in [5, 5.41) is 7.13. The standard InChI is InChI=1S/C13H13BrN2OS/c1-9(6-10-3-5-18-8-10)16-13(17)11-2-4-15-12(14)7-11/h2-5,7-9H,6H2,1H3,(H,16,17). The molecule has 2 heterocycles. The number of hydrogen-bond donors (Lipinski definition) is 1. The van der Waals surface area contributed by atoms with Crippen LogP contribution in [0.1, 0.15) is 22.8 Å². The van der Waals surface area contributed by atoms with E-state index in [4.69, 9.17) is 0 Å². The second-order valence-corrected chi connectivity index (χ2v) is 5.67. The van der Waals surface area contributed by atoms with E-state index in [0.29, 0.717) is 10.2 Å². The van der Waals surface area contributed by atoms with Gasteiger partial charge >= 0.3 is 0 Å². The molecular weight excluding hydrogens is 312 g/mol. The fourth-order valence-corrected chi connectivity index (χ4v) is 2.71. The number of thiophene rings is 1. The molecule has 94 valence electrons. The number of halogens is 1. The third-order valence-corrected chi connectivity index (χ3v) is 3.65. The van der Waals surface area contributed by atoms with Gasteiger partial charge in [-0.25, -0.2) is 4.98 Å². The molecule has 0 bridgehead atoms. The SMILES string of the molecule is CC(Cc1ccsc1)NC(=O)c1ccnc(Br)c1. The molecule has 0 aromatic carbocycles. The zero-order valence-corrected chi connectivity index (χ0v) is 12.3. The monoisotopic (exact) mass is 324 g/mol. The Morgan fingerprint density at radius 1 is 1.56 bits per heavy atom. The number of rotatable bonds is 4. The van der Waals surface area contributed by atoms with Crippen LogP contribution in [0.25, 0.3) is 0 Å². The summed E-state index contributed by atoms with van der Waals surface area (Å²) in [6.07, 6.45) is 2.46. The van der Waals surface area contributed by atoms with Crippen LogP contribution in [-0.2, 0) is 6.42 Å². The highest BCUT2D eigenvalue weighted by Gasteiger charge is 2.10. The van der Waals surface area contributed by atoms with Crippen molar-refractivity contribution >= 4 is 33.2 Å². The van der Waals surface area contributed by atoms with E-state index in [0.717, 1.165) is 6.42 Å². The minimum absolute atomic E-state index is 0.0687. The van der Waals surface area contributed by atoms with Gasteiger partial charge in [-0.05, 0) is 63.8 Å². The second-order valence-electron chi connectivity index (χ2n) is 4.08. The number of carbonyl (C=O) groups excluding carboxylic acids is 1. The van der Waals surface area contributed by atoms with Gasteiger partial charge in [0.2, 0.25) is 0 Å². The molecule has 1 N–H and O–H groups in total. The highest BCUT2D eigenvalue weighted by atomic mass is 79.9. The lowest BCUT2D eigenvalue weighted by atomic mass is 10.1. The van der Waals surface area contributed by atoms with E-state index in [-0.39, 0.29) is 11.9 Å². The molecule has 1 amide bonds. The van der Waals surface area contributed by atoms with Crippen LogP contribution in [0, 0.1) is 0 Å². The molecule has 0 aliphatic rings. The van der Waals surface area contributed by atoms with Gasteiger partial charge in [-0.1, -0.05) is 0 Å². The quantitative estimate of drug-likeness (QED) is 0.877. The molecule has 0 saturated carbocycles. The molecule has 3 nitrogen and oxygen atoms in total. The van der Waals surface area contributed by atoms with Crippen LogP contribution in [0.3, 0.4) is 0 Å². The highest BCUT2D eigenvalue weighted by molar-refractivity contribution is 9.10. The van der Waals surface area contributed by atoms with Crippen molar-refractivity contribution < 1.29 is 4.79 Å². The number of aromatic nitrogens is 1. The van der Waals surface area contributed by atoms with E-state index < -0.39 is 0 Å². The Morgan fingerprint density at radius 2 is 2.39 bits per heavy atom. The van der Waals surface area contributed by atoms with E-state index in [1.165, 1.54) is 5.56 Å². The first-order chi connectivity index (χ1) is 8.65. The van der Waals surface area contributed by atoms with Crippen molar-refractivity contribution in [3.8, 4) is 0 Å². The molecule has 0 fully saturated rings. The zero-order chi connectivity index (χ0) is 13.0. The summed E-state index contributed by atoms with van der Waals surface area (Å²) in [7, 11) is 0. The molecule has 1 unspecified atom stereocenters. The Labute approximate surface area is 118 Å². The first-order valence-corrected chi connectivity index (χ1v) is 7.32. The summed E-state index contributed by atoms with van der Waals surface area (Å²) >= 11 is 4.93. The number of nitrogens with one attached hydrogen (secondary N) is 1. The molecule has 0 aliphatic carbocycles. The van der Waals surface area contributed by atoms with Gasteiger partial charge < -0.3 is 5.32 Å². The van der Waals surface area contributed by atoms with Gasteiger partial charge in [0.15, 0.2) is 0 Å². The van der Waals surface area contributed by atoms with Crippen molar-refractivity contribution in [2.45, 2.75) is 19.4 Å². The summed E-state index contributed by atoms with van der Waals surface area (Å²) in [4.78, 5) is 16.0. The van der Waals surface area contributed by atoms with E-state index in [2.05, 4.69) is 37.7 Å². The molecule has 2 aromatic rings. The molecule has 0 spiro atoms. The fourth-order valence-electron chi connectivity index (χ4n) is 1.66. The summed E-state index contributed by atoms with van der Waals surface area (Å²) in [5.41, 5.74) is 1.87. The van der Waals surface area contributed by atoms with Crippen LogP contribution in [0.4, 0.5) is 0 Å². The molecule has 0 saturated heterocycles. The highest BCUT2D eigenvalue weighted by Crippen LogP contribution is 2.10. The topological polar surface area (TPSA) is 42.0 Å². The second kappa shape index (κ2) is 6.11. The van der Waals surface area contributed by atoms with Crippen LogP contribution >= 0.6 is 27.3 Å². The molecule has 0 radical (unpaired) electrons. The van der Waals surface area contributed by atoms with Gasteiger partial charge in [-0.2, -0.15) is 11.3 Å². The third-order valence-electron chi connectivity index (χ3n) is 2.49. The van der Waals surface area contributed by atoms with Crippen LogP contribution in [0.2, 0.25) is 0 Å². The minimum Gasteiger partial charge on any atom is -0.349 e. The number of amides is 1. The zero-order valence-electron chi connectivity index (χ0n) is 9.89. The largest absolute Gasteiger partial charge is 0.349 e. The van der Waals surface area contributed by atoms with Gasteiger partial charge in [-0.15, -0.1) is 0 Å². The van der Waals surface area contributed by atoms with Crippen molar-refractivity contribution in [1.82, 2.24) is 10.3 Å². The fraction of sp³-hybridized carbons (Fsp3) is 0.231. The van der Waals surface area contributed by atoms with Crippen LogP contribution in [0.15, 0.2) is 39.8 Å². The van der Waals surface area contributed by atoms with E-state index in [1.54, 1.807) is 29.7 Å². The lowest BCUT2D eigenvalue weighted by Crippen LogP contribution is -2.34. The van der Waals surface area contributed by atoms with Gasteiger partial charge in [0, 0.05) is 17.8 Å². The number of nitrogens with zero attached hydrogens (tertiary/aromatic N) is 1. The number of hydrogen-bond acceptors (Lipinski definition) is 3. The molecule has 2 aromatic heterocycles. The summed E-state index contributed by atoms with van der Waals surface area (Å²) < 4.78 is 0.667. The van der Waals surface area contributed by atoms with Gasteiger partial charge in [0.25, 0.3) is 5.91 Å². The molecular formula is C13H13BrN2OS. The Kier molecular flexibility index (Phi) is 4.49. The van der Waals surface area contributed by atoms with Crippen LogP contribution in [-0.4, -0.2) is 16.9 Å². The van der Waals surface area contributed by atoms with Crippen molar-refractivity contribution in [1.29, 1.82) is 0 Å². The van der Waals surface area contributed by atoms with E-state index in [1.807, 2.05) is 12.3 Å². The predicted molar refractivity (Wildman–Crippen MR) is 76.9 cm³/mol. The van der Waals surface area contributed by atoms with E-state index >= 15 is 0 Å². The van der Waals surface area contributed by atoms with Crippen LogP contribution < -0.4 is 5.32 Å². The maximum absolute atomic E-state index is 12.0. The molecule has 0 aliphatic heterocycles. The Balaban J connectivity index is 1.95. The smallest absolute Gasteiger partial charge is 0.251 e. The van der Waals surface area contributed by atoms with Gasteiger partial charge in [0.05, 0.1) is 0 Å². The summed E-state index contributed by atoms with van der Waals surface area (Å²) in [6, 6.07) is 5.61. The lowest BCUT2D eigenvalue weighted by molar-refractivity contribution is 0.0940. The van der Waals surface area contributed by atoms with Crippen molar-refractivity contribution in [3.63, 3.8) is 0 Å². The normalized spacial score (nSPS) is 12.1. The van der Waals surface area contributed by atoms with Crippen molar-refractivity contribution in [2.75, 3.05) is 0 Å². The van der Waals surface area contributed by atoms with E-state index in [9.17, 15) is 4.79 Å². The maximum atomic E-state index is 12.0. The lowest BCUT2D eigenvalue weighted by Gasteiger charge is -2.13. The summed E-state index contributed by atoms with van der Waals surface area (Å²) in [6.45, 7) is 2.01. The molecule has 2 rings (SSSR count).